The molecule has 1 atom stereocenters. The van der Waals surface area contributed by atoms with Crippen LogP contribution in [0.2, 0.25) is 0 Å². The number of carbonyl (C=O) groups excluding carboxylic acids is 3. The fraction of sp³-hybridized carbons (Fsp3) is 0.941. The van der Waals surface area contributed by atoms with Crippen LogP contribution in [0.25, 0.3) is 0 Å². The summed E-state index contributed by atoms with van der Waals surface area (Å²) in [5.41, 5.74) is 0. The molecule has 0 N–H and O–H groups in total. The van der Waals surface area contributed by atoms with Gasteiger partial charge in [-0.2, -0.15) is 0 Å². The van der Waals surface area contributed by atoms with Gasteiger partial charge in [0.05, 0.1) is 0 Å². The fourth-order valence-corrected chi connectivity index (χ4v) is 7.59. The smallest absolute Gasteiger partial charge is 0.306 e. The lowest BCUT2D eigenvalue weighted by atomic mass is 10.0. The van der Waals surface area contributed by atoms with Gasteiger partial charge in [-0.25, -0.2) is 0 Å². The van der Waals surface area contributed by atoms with Crippen molar-refractivity contribution >= 4 is 17.9 Å². The van der Waals surface area contributed by atoms with Crippen LogP contribution in [-0.4, -0.2) is 37.2 Å². The molecule has 0 bridgehead atoms. The van der Waals surface area contributed by atoms with E-state index in [0.29, 0.717) is 19.3 Å². The van der Waals surface area contributed by atoms with Crippen LogP contribution in [0.5, 0.6) is 0 Å². The summed E-state index contributed by atoms with van der Waals surface area (Å²) >= 11 is 0. The summed E-state index contributed by atoms with van der Waals surface area (Å²) in [7, 11) is 0. The van der Waals surface area contributed by atoms with E-state index < -0.39 is 6.10 Å². The van der Waals surface area contributed by atoms with E-state index >= 15 is 0 Å². The zero-order valence-electron chi connectivity index (χ0n) is 39.1. The predicted molar refractivity (Wildman–Crippen MR) is 243 cm³/mol. The minimum atomic E-state index is -0.762. The quantitative estimate of drug-likeness (QED) is 0.0347. The van der Waals surface area contributed by atoms with Crippen LogP contribution in [0.3, 0.4) is 0 Å². The first-order chi connectivity index (χ1) is 27.6. The molecule has 0 amide bonds. The van der Waals surface area contributed by atoms with E-state index in [1.165, 1.54) is 154 Å². The number of rotatable bonds is 44. The Morgan fingerprint density at radius 1 is 0.298 bits per heavy atom. The molecule has 0 aromatic rings. The summed E-state index contributed by atoms with van der Waals surface area (Å²) in [5.74, 6) is 1.59. The van der Waals surface area contributed by atoms with Crippen LogP contribution >= 0.6 is 0 Å². The van der Waals surface area contributed by atoms with Crippen molar-refractivity contribution in [3.8, 4) is 0 Å². The highest BCUT2D eigenvalue weighted by atomic mass is 16.6. The van der Waals surface area contributed by atoms with Crippen LogP contribution in [0.15, 0.2) is 0 Å². The Morgan fingerprint density at radius 2 is 0.509 bits per heavy atom. The first-order valence-corrected chi connectivity index (χ1v) is 25.1. The standard InChI is InChI=1S/C51H98O6/c1-45(2)37-31-25-19-13-9-7-8-10-16-22-28-34-40-49(52)55-43-48(57-51(54)42-36-30-24-18-12-15-21-27-33-39-47(5)6)44-56-50(53)41-35-29-23-17-11-14-20-26-32-38-46(3)4/h45-48H,7-44H2,1-6H3/t48-/m0/s1. The summed E-state index contributed by atoms with van der Waals surface area (Å²) in [6, 6.07) is 0. The predicted octanol–water partition coefficient (Wildman–Crippen LogP) is 16.0. The van der Waals surface area contributed by atoms with E-state index in [0.717, 1.165) is 75.5 Å². The molecule has 338 valence electrons. The van der Waals surface area contributed by atoms with Crippen molar-refractivity contribution in [1.82, 2.24) is 0 Å². The summed E-state index contributed by atoms with van der Waals surface area (Å²) < 4.78 is 16.8. The second kappa shape index (κ2) is 42.5. The highest BCUT2D eigenvalue weighted by Crippen LogP contribution is 2.17. The van der Waals surface area contributed by atoms with Gasteiger partial charge in [0, 0.05) is 19.3 Å². The van der Waals surface area contributed by atoms with Crippen LogP contribution in [-0.2, 0) is 28.6 Å². The molecule has 0 saturated heterocycles. The maximum atomic E-state index is 12.7. The minimum Gasteiger partial charge on any atom is -0.462 e. The number of hydrogen-bond donors (Lipinski definition) is 0. The van der Waals surface area contributed by atoms with Gasteiger partial charge in [-0.15, -0.1) is 0 Å². The molecular weight excluding hydrogens is 709 g/mol. The molecule has 0 heterocycles. The largest absolute Gasteiger partial charge is 0.462 e. The molecule has 0 unspecified atom stereocenters. The van der Waals surface area contributed by atoms with E-state index in [9.17, 15) is 14.4 Å². The third-order valence-electron chi connectivity index (χ3n) is 11.4. The summed E-state index contributed by atoms with van der Waals surface area (Å²) in [4.78, 5) is 37.9. The molecule has 0 fully saturated rings. The number of hydrogen-bond acceptors (Lipinski definition) is 6. The third kappa shape index (κ3) is 45.3. The lowest BCUT2D eigenvalue weighted by molar-refractivity contribution is -0.167. The normalized spacial score (nSPS) is 12.2. The Morgan fingerprint density at radius 3 is 0.754 bits per heavy atom. The summed E-state index contributed by atoms with van der Waals surface area (Å²) in [5, 5.41) is 0. The van der Waals surface area contributed by atoms with Crippen LogP contribution in [0, 0.1) is 17.8 Å². The molecule has 0 radical (unpaired) electrons. The van der Waals surface area contributed by atoms with Crippen LogP contribution in [0.1, 0.15) is 273 Å². The maximum absolute atomic E-state index is 12.7. The molecule has 57 heavy (non-hydrogen) atoms. The second-order valence-corrected chi connectivity index (χ2v) is 18.9. The second-order valence-electron chi connectivity index (χ2n) is 18.9. The Balaban J connectivity index is 4.32. The Bertz CT molecular complexity index is 883. The van der Waals surface area contributed by atoms with E-state index in [1.807, 2.05) is 0 Å². The van der Waals surface area contributed by atoms with Gasteiger partial charge in [0.15, 0.2) is 6.10 Å². The molecule has 0 aliphatic carbocycles. The van der Waals surface area contributed by atoms with Gasteiger partial charge >= 0.3 is 17.9 Å². The SMILES string of the molecule is CC(C)CCCCCCCCCCCCCCC(=O)OC[C@@H](COC(=O)CCCCCCCCCCCC(C)C)OC(=O)CCCCCCCCCCCC(C)C. The van der Waals surface area contributed by atoms with Gasteiger partial charge in [-0.3, -0.25) is 14.4 Å². The topological polar surface area (TPSA) is 78.9 Å². The highest BCUT2D eigenvalue weighted by molar-refractivity contribution is 5.71. The number of esters is 3. The third-order valence-corrected chi connectivity index (χ3v) is 11.4. The molecule has 0 rings (SSSR count). The van der Waals surface area contributed by atoms with Crippen molar-refractivity contribution in [1.29, 1.82) is 0 Å². The molecule has 6 heteroatoms. The van der Waals surface area contributed by atoms with E-state index in [4.69, 9.17) is 14.2 Å². The van der Waals surface area contributed by atoms with Crippen molar-refractivity contribution in [3.05, 3.63) is 0 Å². The lowest BCUT2D eigenvalue weighted by Crippen LogP contribution is -2.30. The van der Waals surface area contributed by atoms with Crippen molar-refractivity contribution in [3.63, 3.8) is 0 Å². The lowest BCUT2D eigenvalue weighted by Gasteiger charge is -2.18. The monoisotopic (exact) mass is 807 g/mol. The first kappa shape index (κ1) is 55.4. The zero-order valence-corrected chi connectivity index (χ0v) is 39.1. The number of carbonyl (C=O) groups is 3. The molecule has 6 nitrogen and oxygen atoms in total. The Labute approximate surface area is 355 Å². The van der Waals surface area contributed by atoms with Crippen molar-refractivity contribution in [2.75, 3.05) is 13.2 Å². The summed E-state index contributed by atoms with van der Waals surface area (Å²) in [6.07, 6.45) is 40.9. The van der Waals surface area contributed by atoms with Gasteiger partial charge in [-0.05, 0) is 37.0 Å². The van der Waals surface area contributed by atoms with Crippen LogP contribution in [0.4, 0.5) is 0 Å². The average molecular weight is 807 g/mol. The maximum Gasteiger partial charge on any atom is 0.306 e. The molecule has 0 aromatic carbocycles. The molecule has 0 aromatic heterocycles. The highest BCUT2D eigenvalue weighted by Gasteiger charge is 2.19. The fourth-order valence-electron chi connectivity index (χ4n) is 7.59. The number of ether oxygens (including phenoxy) is 3. The van der Waals surface area contributed by atoms with E-state index in [2.05, 4.69) is 41.5 Å². The first-order valence-electron chi connectivity index (χ1n) is 25.1. The molecule has 0 spiro atoms. The van der Waals surface area contributed by atoms with Gasteiger partial charge in [0.1, 0.15) is 13.2 Å². The molecular formula is C51H98O6. The van der Waals surface area contributed by atoms with Gasteiger partial charge in [0.25, 0.3) is 0 Å². The van der Waals surface area contributed by atoms with Crippen LogP contribution < -0.4 is 0 Å². The van der Waals surface area contributed by atoms with Crippen molar-refractivity contribution < 1.29 is 28.6 Å². The molecule has 0 saturated carbocycles. The molecule has 0 aliphatic rings. The Kier molecular flexibility index (Phi) is 41.3. The van der Waals surface area contributed by atoms with E-state index in [1.54, 1.807) is 0 Å². The van der Waals surface area contributed by atoms with Gasteiger partial charge in [0.2, 0.25) is 0 Å². The van der Waals surface area contributed by atoms with Crippen molar-refractivity contribution in [2.45, 2.75) is 279 Å². The Hall–Kier alpha value is -1.59. The summed E-state index contributed by atoms with van der Waals surface area (Å²) in [6.45, 7) is 13.7. The average Bonchev–Trinajstić information content (AvgIpc) is 3.16. The van der Waals surface area contributed by atoms with Gasteiger partial charge in [-0.1, -0.05) is 234 Å². The zero-order chi connectivity index (χ0) is 42.0. The van der Waals surface area contributed by atoms with Crippen molar-refractivity contribution in [2.24, 2.45) is 17.8 Å². The number of unbranched alkanes of at least 4 members (excludes halogenated alkanes) is 27. The van der Waals surface area contributed by atoms with E-state index in [-0.39, 0.29) is 31.1 Å². The minimum absolute atomic E-state index is 0.0653. The van der Waals surface area contributed by atoms with Gasteiger partial charge < -0.3 is 14.2 Å². The molecule has 0 aliphatic heterocycles.